The smallest absolute Gasteiger partial charge is 0.328 e. The summed E-state index contributed by atoms with van der Waals surface area (Å²) in [5, 5.41) is 2.82. The first-order chi connectivity index (χ1) is 8.78. The highest BCUT2D eigenvalue weighted by Gasteiger charge is 2.28. The molecule has 0 bridgehead atoms. The van der Waals surface area contributed by atoms with Gasteiger partial charge in [0, 0.05) is 18.8 Å². The minimum atomic E-state index is -0.610. The van der Waals surface area contributed by atoms with Gasteiger partial charge < -0.3 is 11.1 Å². The zero-order valence-electron chi connectivity index (χ0n) is 11.4. The van der Waals surface area contributed by atoms with Crippen LogP contribution < -0.4 is 22.3 Å². The van der Waals surface area contributed by atoms with Crippen LogP contribution in [0.15, 0.2) is 21.9 Å². The average molecular weight is 268 g/mol. The molecule has 1 rings (SSSR count). The van der Waals surface area contributed by atoms with Crippen molar-refractivity contribution in [2.24, 2.45) is 11.7 Å². The molecular formula is C12H20N4O3. The van der Waals surface area contributed by atoms with E-state index in [0.29, 0.717) is 6.54 Å². The summed E-state index contributed by atoms with van der Waals surface area (Å²) < 4.78 is 1.13. The Morgan fingerprint density at radius 2 is 2.16 bits per heavy atom. The quantitative estimate of drug-likeness (QED) is 0.638. The number of rotatable bonds is 5. The topological polar surface area (TPSA) is 110 Å². The SMILES string of the molecule is CC(C)C(C)(CN)NC(=O)Cn1ccc(=O)[nH]c1=O. The molecule has 0 aromatic carbocycles. The van der Waals surface area contributed by atoms with Gasteiger partial charge >= 0.3 is 5.69 Å². The van der Waals surface area contributed by atoms with Crippen LogP contribution in [0, 0.1) is 5.92 Å². The summed E-state index contributed by atoms with van der Waals surface area (Å²) in [7, 11) is 0. The van der Waals surface area contributed by atoms with Crippen LogP contribution in [0.3, 0.4) is 0 Å². The van der Waals surface area contributed by atoms with Crippen molar-refractivity contribution in [1.82, 2.24) is 14.9 Å². The van der Waals surface area contributed by atoms with Gasteiger partial charge in [0.1, 0.15) is 6.54 Å². The van der Waals surface area contributed by atoms with E-state index in [9.17, 15) is 14.4 Å². The summed E-state index contributed by atoms with van der Waals surface area (Å²) in [6.07, 6.45) is 1.29. The van der Waals surface area contributed by atoms with Crippen molar-refractivity contribution in [2.75, 3.05) is 6.54 Å². The van der Waals surface area contributed by atoms with E-state index in [0.717, 1.165) is 4.57 Å². The first-order valence-electron chi connectivity index (χ1n) is 6.09. The molecule has 0 saturated heterocycles. The fourth-order valence-electron chi connectivity index (χ4n) is 1.51. The van der Waals surface area contributed by atoms with Crippen molar-refractivity contribution in [3.63, 3.8) is 0 Å². The Hall–Kier alpha value is -1.89. The van der Waals surface area contributed by atoms with E-state index < -0.39 is 16.8 Å². The summed E-state index contributed by atoms with van der Waals surface area (Å²) in [6.45, 7) is 5.92. The fourth-order valence-corrected chi connectivity index (χ4v) is 1.51. The molecular weight excluding hydrogens is 248 g/mol. The van der Waals surface area contributed by atoms with E-state index >= 15 is 0 Å². The van der Waals surface area contributed by atoms with Crippen LogP contribution in [-0.4, -0.2) is 27.5 Å². The van der Waals surface area contributed by atoms with Gasteiger partial charge in [-0.15, -0.1) is 0 Å². The molecule has 0 aliphatic rings. The van der Waals surface area contributed by atoms with Crippen molar-refractivity contribution in [3.05, 3.63) is 33.1 Å². The van der Waals surface area contributed by atoms with Crippen molar-refractivity contribution < 1.29 is 4.79 Å². The summed E-state index contributed by atoms with van der Waals surface area (Å²) in [4.78, 5) is 36.4. The first kappa shape index (κ1) is 15.2. The lowest BCUT2D eigenvalue weighted by molar-refractivity contribution is -0.124. The number of aromatic nitrogens is 2. The molecule has 1 amide bonds. The Labute approximate surface area is 110 Å². The zero-order valence-corrected chi connectivity index (χ0v) is 11.4. The van der Waals surface area contributed by atoms with Gasteiger partial charge in [0.2, 0.25) is 5.91 Å². The largest absolute Gasteiger partial charge is 0.348 e. The monoisotopic (exact) mass is 268 g/mol. The van der Waals surface area contributed by atoms with Crippen molar-refractivity contribution in [3.8, 4) is 0 Å². The Kier molecular flexibility index (Phi) is 4.66. The molecule has 4 N–H and O–H groups in total. The van der Waals surface area contributed by atoms with E-state index in [1.807, 2.05) is 20.8 Å². The van der Waals surface area contributed by atoms with Crippen LogP contribution in [-0.2, 0) is 11.3 Å². The molecule has 0 aliphatic heterocycles. The van der Waals surface area contributed by atoms with Crippen LogP contribution in [0.5, 0.6) is 0 Å². The van der Waals surface area contributed by atoms with Crippen LogP contribution in [0.25, 0.3) is 0 Å². The minimum Gasteiger partial charge on any atom is -0.348 e. The molecule has 0 spiro atoms. The van der Waals surface area contributed by atoms with Gasteiger partial charge in [-0.25, -0.2) is 4.79 Å². The molecule has 19 heavy (non-hydrogen) atoms. The van der Waals surface area contributed by atoms with Crippen LogP contribution >= 0.6 is 0 Å². The van der Waals surface area contributed by atoms with E-state index in [2.05, 4.69) is 10.3 Å². The molecule has 1 unspecified atom stereocenters. The highest BCUT2D eigenvalue weighted by molar-refractivity contribution is 5.76. The Balaban J connectivity index is 2.81. The van der Waals surface area contributed by atoms with Crippen molar-refractivity contribution in [2.45, 2.75) is 32.9 Å². The Morgan fingerprint density at radius 3 is 2.63 bits per heavy atom. The summed E-state index contributed by atoms with van der Waals surface area (Å²) in [5.74, 6) is -0.162. The second kappa shape index (κ2) is 5.83. The van der Waals surface area contributed by atoms with Gasteiger partial charge in [0.25, 0.3) is 5.56 Å². The van der Waals surface area contributed by atoms with Crippen molar-refractivity contribution >= 4 is 5.91 Å². The van der Waals surface area contributed by atoms with Gasteiger partial charge in [-0.05, 0) is 12.8 Å². The zero-order chi connectivity index (χ0) is 14.6. The predicted molar refractivity (Wildman–Crippen MR) is 71.8 cm³/mol. The number of nitrogens with zero attached hydrogens (tertiary/aromatic N) is 1. The molecule has 0 aliphatic carbocycles. The van der Waals surface area contributed by atoms with E-state index in [4.69, 9.17) is 5.73 Å². The number of amides is 1. The van der Waals surface area contributed by atoms with E-state index in [1.54, 1.807) is 0 Å². The maximum Gasteiger partial charge on any atom is 0.328 e. The predicted octanol–water partition coefficient (Wildman–Crippen LogP) is -0.974. The number of nitrogens with one attached hydrogen (secondary N) is 2. The maximum absolute atomic E-state index is 11.9. The second-order valence-corrected chi connectivity index (χ2v) is 5.06. The summed E-state index contributed by atoms with van der Waals surface area (Å²) in [5.41, 5.74) is 4.04. The number of H-pyrrole nitrogens is 1. The van der Waals surface area contributed by atoms with Crippen LogP contribution in [0.2, 0.25) is 0 Å². The lowest BCUT2D eigenvalue weighted by Gasteiger charge is -2.33. The fraction of sp³-hybridized carbons (Fsp3) is 0.583. The number of carbonyl (C=O) groups excluding carboxylic acids is 1. The Bertz CT molecular complexity index is 561. The average Bonchev–Trinajstić information content (AvgIpc) is 2.32. The molecule has 1 aromatic rings. The van der Waals surface area contributed by atoms with Crippen molar-refractivity contribution in [1.29, 1.82) is 0 Å². The molecule has 1 heterocycles. The molecule has 1 atom stereocenters. The molecule has 0 fully saturated rings. The van der Waals surface area contributed by atoms with Gasteiger partial charge in [-0.1, -0.05) is 13.8 Å². The number of hydrogen-bond donors (Lipinski definition) is 3. The third kappa shape index (κ3) is 3.78. The lowest BCUT2D eigenvalue weighted by Crippen LogP contribution is -2.56. The lowest BCUT2D eigenvalue weighted by atomic mass is 9.88. The van der Waals surface area contributed by atoms with E-state index in [1.165, 1.54) is 12.3 Å². The number of aromatic amines is 1. The molecule has 106 valence electrons. The minimum absolute atomic E-state index is 0.155. The van der Waals surface area contributed by atoms with Gasteiger partial charge in [-0.3, -0.25) is 19.1 Å². The summed E-state index contributed by atoms with van der Waals surface area (Å²) >= 11 is 0. The Morgan fingerprint density at radius 1 is 1.53 bits per heavy atom. The van der Waals surface area contributed by atoms with Gasteiger partial charge in [0.15, 0.2) is 0 Å². The third-order valence-corrected chi connectivity index (χ3v) is 3.33. The molecule has 0 radical (unpaired) electrons. The number of carbonyl (C=O) groups is 1. The van der Waals surface area contributed by atoms with E-state index in [-0.39, 0.29) is 18.4 Å². The second-order valence-electron chi connectivity index (χ2n) is 5.06. The standard InChI is InChI=1S/C12H20N4O3/c1-8(2)12(3,7-13)15-10(18)6-16-5-4-9(17)14-11(16)19/h4-5,8H,6-7,13H2,1-3H3,(H,15,18)(H,14,17,19). The van der Waals surface area contributed by atoms with Crippen LogP contribution in [0.4, 0.5) is 0 Å². The summed E-state index contributed by atoms with van der Waals surface area (Å²) in [6, 6.07) is 1.19. The number of hydrogen-bond acceptors (Lipinski definition) is 4. The molecule has 7 heteroatoms. The first-order valence-corrected chi connectivity index (χ1v) is 6.09. The molecule has 0 saturated carbocycles. The van der Waals surface area contributed by atoms with Gasteiger partial charge in [-0.2, -0.15) is 0 Å². The highest BCUT2D eigenvalue weighted by Crippen LogP contribution is 2.14. The van der Waals surface area contributed by atoms with Gasteiger partial charge in [0.05, 0.1) is 5.54 Å². The number of nitrogens with two attached hydrogens (primary N) is 1. The maximum atomic E-state index is 11.9. The molecule has 7 nitrogen and oxygen atoms in total. The third-order valence-electron chi connectivity index (χ3n) is 3.33. The normalized spacial score (nSPS) is 14.2. The highest BCUT2D eigenvalue weighted by atomic mass is 16.2. The molecule has 1 aromatic heterocycles. The van der Waals surface area contributed by atoms with Crippen LogP contribution in [0.1, 0.15) is 20.8 Å².